The van der Waals surface area contributed by atoms with Gasteiger partial charge in [0.15, 0.2) is 0 Å². The molecule has 0 radical (unpaired) electrons. The van der Waals surface area contributed by atoms with Gasteiger partial charge >= 0.3 is 5.97 Å². The van der Waals surface area contributed by atoms with Crippen molar-refractivity contribution in [2.24, 2.45) is 5.92 Å². The summed E-state index contributed by atoms with van der Waals surface area (Å²) in [5, 5.41) is 3.61. The number of thioether (sulfide) groups is 1. The van der Waals surface area contributed by atoms with Crippen LogP contribution in [0.5, 0.6) is 0 Å². The second kappa shape index (κ2) is 8.44. The molecule has 21 heavy (non-hydrogen) atoms. The molecule has 0 aliphatic heterocycles. The van der Waals surface area contributed by atoms with Gasteiger partial charge < -0.3 is 10.1 Å². The second-order valence-corrected chi connectivity index (χ2v) is 6.41. The van der Waals surface area contributed by atoms with Crippen LogP contribution in [-0.2, 0) is 16.1 Å². The maximum absolute atomic E-state index is 11.7. The molecule has 1 fully saturated rings. The highest BCUT2D eigenvalue weighted by atomic mass is 32.2. The molecule has 0 atom stereocenters. The first-order chi connectivity index (χ1) is 10.2. The number of carbonyl (C=O) groups is 1. The Labute approximate surface area is 131 Å². The Bertz CT molecular complexity index is 439. The highest BCUT2D eigenvalue weighted by Crippen LogP contribution is 2.25. The predicted octanol–water partition coefficient (Wildman–Crippen LogP) is 3.62. The Balaban J connectivity index is 1.72. The Morgan fingerprint density at radius 1 is 1.24 bits per heavy atom. The van der Waals surface area contributed by atoms with Gasteiger partial charge in [-0.25, -0.2) is 0 Å². The molecule has 1 saturated carbocycles. The van der Waals surface area contributed by atoms with E-state index in [1.54, 1.807) is 11.8 Å². The van der Waals surface area contributed by atoms with E-state index < -0.39 is 0 Å². The summed E-state index contributed by atoms with van der Waals surface area (Å²) in [6, 6.07) is 9.22. The highest BCUT2D eigenvalue weighted by molar-refractivity contribution is 7.98. The van der Waals surface area contributed by atoms with Crippen molar-refractivity contribution >= 4 is 17.7 Å². The van der Waals surface area contributed by atoms with Gasteiger partial charge in [-0.1, -0.05) is 12.1 Å². The van der Waals surface area contributed by atoms with E-state index in [2.05, 4.69) is 35.8 Å². The lowest BCUT2D eigenvalue weighted by molar-refractivity contribution is -0.149. The standard InChI is InChI=1S/C17H25NO2S/c1-3-20-17(19)14-6-8-15(9-7-14)18-12-13-4-10-16(21-2)11-5-13/h4-5,10-11,14-15,18H,3,6-9,12H2,1-2H3. The van der Waals surface area contributed by atoms with Gasteiger partial charge in [-0.2, -0.15) is 0 Å². The molecule has 4 heteroatoms. The minimum Gasteiger partial charge on any atom is -0.466 e. The van der Waals surface area contributed by atoms with Crippen LogP contribution in [0.2, 0.25) is 0 Å². The molecule has 0 saturated heterocycles. The molecule has 0 amide bonds. The first-order valence-corrected chi connectivity index (χ1v) is 8.98. The maximum Gasteiger partial charge on any atom is 0.308 e. The second-order valence-electron chi connectivity index (χ2n) is 5.53. The number of ether oxygens (including phenoxy) is 1. The molecule has 3 nitrogen and oxygen atoms in total. The third kappa shape index (κ3) is 5.04. The number of rotatable bonds is 6. The number of carbonyl (C=O) groups excluding carboxylic acids is 1. The molecule has 1 N–H and O–H groups in total. The van der Waals surface area contributed by atoms with Crippen LogP contribution in [0.4, 0.5) is 0 Å². The van der Waals surface area contributed by atoms with E-state index in [0.717, 1.165) is 32.2 Å². The smallest absolute Gasteiger partial charge is 0.308 e. The van der Waals surface area contributed by atoms with E-state index >= 15 is 0 Å². The Hall–Kier alpha value is -1.00. The first kappa shape index (κ1) is 16.4. The molecule has 1 aromatic rings. The summed E-state index contributed by atoms with van der Waals surface area (Å²) >= 11 is 1.77. The average Bonchev–Trinajstić information content (AvgIpc) is 2.54. The largest absolute Gasteiger partial charge is 0.466 e. The van der Waals surface area contributed by atoms with E-state index in [9.17, 15) is 4.79 Å². The number of hydrogen-bond donors (Lipinski definition) is 1. The van der Waals surface area contributed by atoms with Crippen molar-refractivity contribution in [1.29, 1.82) is 0 Å². The summed E-state index contributed by atoms with van der Waals surface area (Å²) in [4.78, 5) is 13.0. The predicted molar refractivity (Wildman–Crippen MR) is 87.4 cm³/mol. The summed E-state index contributed by atoms with van der Waals surface area (Å²) < 4.78 is 5.11. The van der Waals surface area contributed by atoms with Gasteiger partial charge in [0.2, 0.25) is 0 Å². The number of benzene rings is 1. The average molecular weight is 307 g/mol. The normalized spacial score (nSPS) is 22.0. The molecule has 1 aliphatic rings. The van der Waals surface area contributed by atoms with Crippen LogP contribution >= 0.6 is 11.8 Å². The van der Waals surface area contributed by atoms with E-state index in [1.807, 2.05) is 6.92 Å². The molecule has 0 spiro atoms. The molecular formula is C17H25NO2S. The van der Waals surface area contributed by atoms with Gasteiger partial charge in [0.1, 0.15) is 0 Å². The van der Waals surface area contributed by atoms with Crippen LogP contribution in [0.1, 0.15) is 38.2 Å². The van der Waals surface area contributed by atoms with Crippen molar-refractivity contribution in [2.45, 2.75) is 50.1 Å². The van der Waals surface area contributed by atoms with Crippen LogP contribution in [-0.4, -0.2) is 24.9 Å². The number of hydrogen-bond acceptors (Lipinski definition) is 4. The molecule has 0 heterocycles. The van der Waals surface area contributed by atoms with Gasteiger partial charge in [0.25, 0.3) is 0 Å². The zero-order valence-electron chi connectivity index (χ0n) is 12.9. The SMILES string of the molecule is CCOC(=O)C1CCC(NCc2ccc(SC)cc2)CC1. The third-order valence-corrected chi connectivity index (χ3v) is 4.84. The molecule has 0 unspecified atom stereocenters. The molecule has 1 aromatic carbocycles. The van der Waals surface area contributed by atoms with Crippen molar-refractivity contribution in [3.63, 3.8) is 0 Å². The molecule has 2 rings (SSSR count). The third-order valence-electron chi connectivity index (χ3n) is 4.10. The van der Waals surface area contributed by atoms with E-state index in [1.165, 1.54) is 10.5 Å². The van der Waals surface area contributed by atoms with Gasteiger partial charge in [-0.05, 0) is 56.6 Å². The summed E-state index contributed by atoms with van der Waals surface area (Å²) in [5.41, 5.74) is 1.32. The lowest BCUT2D eigenvalue weighted by Crippen LogP contribution is -2.35. The van der Waals surface area contributed by atoms with Crippen LogP contribution in [0.15, 0.2) is 29.2 Å². The summed E-state index contributed by atoms with van der Waals surface area (Å²) in [6.07, 6.45) is 6.11. The van der Waals surface area contributed by atoms with Crippen molar-refractivity contribution in [3.8, 4) is 0 Å². The van der Waals surface area contributed by atoms with Crippen LogP contribution in [0.3, 0.4) is 0 Å². The molecular weight excluding hydrogens is 282 g/mol. The topological polar surface area (TPSA) is 38.3 Å². The van der Waals surface area contributed by atoms with E-state index in [-0.39, 0.29) is 11.9 Å². The van der Waals surface area contributed by atoms with Crippen LogP contribution in [0.25, 0.3) is 0 Å². The first-order valence-electron chi connectivity index (χ1n) is 7.76. The quantitative estimate of drug-likeness (QED) is 0.643. The van der Waals surface area contributed by atoms with Crippen molar-refractivity contribution < 1.29 is 9.53 Å². The van der Waals surface area contributed by atoms with Crippen LogP contribution < -0.4 is 5.32 Å². The molecule has 116 valence electrons. The summed E-state index contributed by atoms with van der Waals surface area (Å²) in [6.45, 7) is 3.26. The maximum atomic E-state index is 11.7. The van der Waals surface area contributed by atoms with Gasteiger partial charge in [-0.15, -0.1) is 11.8 Å². The lowest BCUT2D eigenvalue weighted by Gasteiger charge is -2.28. The zero-order valence-corrected chi connectivity index (χ0v) is 13.7. The summed E-state index contributed by atoms with van der Waals surface area (Å²) in [5.74, 6) is 0.104. The lowest BCUT2D eigenvalue weighted by atomic mass is 9.86. The van der Waals surface area contributed by atoms with Crippen LogP contribution in [0, 0.1) is 5.92 Å². The Morgan fingerprint density at radius 3 is 2.48 bits per heavy atom. The van der Waals surface area contributed by atoms with E-state index in [0.29, 0.717) is 12.6 Å². The Kier molecular flexibility index (Phi) is 6.58. The summed E-state index contributed by atoms with van der Waals surface area (Å²) in [7, 11) is 0. The monoisotopic (exact) mass is 307 g/mol. The number of esters is 1. The minimum absolute atomic E-state index is 0.0106. The van der Waals surface area contributed by atoms with E-state index in [4.69, 9.17) is 4.74 Å². The van der Waals surface area contributed by atoms with Crippen molar-refractivity contribution in [1.82, 2.24) is 5.32 Å². The number of nitrogens with one attached hydrogen (secondary N) is 1. The highest BCUT2D eigenvalue weighted by Gasteiger charge is 2.26. The zero-order chi connectivity index (χ0) is 15.1. The van der Waals surface area contributed by atoms with Gasteiger partial charge in [-0.3, -0.25) is 4.79 Å². The van der Waals surface area contributed by atoms with Gasteiger partial charge in [0, 0.05) is 17.5 Å². The molecule has 1 aliphatic carbocycles. The van der Waals surface area contributed by atoms with Gasteiger partial charge in [0.05, 0.1) is 12.5 Å². The molecule has 0 aromatic heterocycles. The molecule has 0 bridgehead atoms. The minimum atomic E-state index is -0.0106. The van der Waals surface area contributed by atoms with Crippen molar-refractivity contribution in [2.75, 3.05) is 12.9 Å². The Morgan fingerprint density at radius 2 is 1.90 bits per heavy atom. The van der Waals surface area contributed by atoms with Crippen molar-refractivity contribution in [3.05, 3.63) is 29.8 Å². The fourth-order valence-corrected chi connectivity index (χ4v) is 3.21. The fraction of sp³-hybridized carbons (Fsp3) is 0.588. The fourth-order valence-electron chi connectivity index (χ4n) is 2.80.